The van der Waals surface area contributed by atoms with Crippen molar-refractivity contribution in [1.29, 1.82) is 0 Å². The van der Waals surface area contributed by atoms with E-state index < -0.39 is 8.32 Å². The Balaban J connectivity index is 4.15. The monoisotopic (exact) mass is 472 g/mol. The van der Waals surface area contributed by atoms with E-state index in [0.717, 1.165) is 19.4 Å². The molecule has 0 aromatic carbocycles. The second-order valence-corrected chi connectivity index (χ2v) is 16.4. The molecule has 0 N–H and O–H groups in total. The summed E-state index contributed by atoms with van der Waals surface area (Å²) in [6.45, 7) is 23.4. The van der Waals surface area contributed by atoms with Crippen LogP contribution in [-0.2, 0) is 9.22 Å². The lowest BCUT2D eigenvalue weighted by molar-refractivity contribution is -0.122. The predicted octanol–water partition coefficient (Wildman–Crippen LogP) is 9.18. The zero-order chi connectivity index (χ0) is 24.0. The van der Waals surface area contributed by atoms with Crippen molar-refractivity contribution in [1.82, 2.24) is 0 Å². The molecule has 0 heterocycles. The van der Waals surface area contributed by atoms with E-state index in [1.165, 1.54) is 38.5 Å². The minimum absolute atomic E-state index is 0.0412. The topological polar surface area (TPSA) is 26.3 Å². The Kier molecular flexibility index (Phi) is 16.4. The summed E-state index contributed by atoms with van der Waals surface area (Å²) in [5.41, 5.74) is 2.00. The van der Waals surface area contributed by atoms with E-state index >= 15 is 0 Å². The van der Waals surface area contributed by atoms with Crippen molar-refractivity contribution in [3.05, 3.63) is 12.7 Å². The Bertz CT molecular complexity index is 466. The molecule has 0 spiro atoms. The van der Waals surface area contributed by atoms with Crippen LogP contribution >= 0.6 is 11.6 Å². The van der Waals surface area contributed by atoms with Gasteiger partial charge in [0.1, 0.15) is 0 Å². The van der Waals surface area contributed by atoms with Gasteiger partial charge in [-0.15, -0.1) is 18.2 Å². The summed E-state index contributed by atoms with van der Waals surface area (Å²) in [6.07, 6.45) is 11.5. The van der Waals surface area contributed by atoms with Gasteiger partial charge < -0.3 is 4.43 Å². The molecule has 0 fully saturated rings. The van der Waals surface area contributed by atoms with Gasteiger partial charge in [0.25, 0.3) is 0 Å². The number of allylic oxidation sites excluding steroid dienone is 1. The fourth-order valence-corrected chi connectivity index (χ4v) is 11.4. The zero-order valence-corrected chi connectivity index (χ0v) is 23.8. The lowest BCUT2D eigenvalue weighted by Gasteiger charge is -2.42. The summed E-state index contributed by atoms with van der Waals surface area (Å²) in [5.74, 6) is 1.02. The number of hydrogen-bond acceptors (Lipinski definition) is 2. The van der Waals surface area contributed by atoms with Gasteiger partial charge in [0.05, 0.1) is 5.88 Å². The first-order chi connectivity index (χ1) is 14.6. The Hall–Kier alpha value is -0.123. The van der Waals surface area contributed by atoms with Gasteiger partial charge >= 0.3 is 0 Å². The largest absolute Gasteiger partial charge is 0.416 e. The molecule has 0 aliphatic carbocycles. The van der Waals surface area contributed by atoms with E-state index in [9.17, 15) is 4.79 Å². The van der Waals surface area contributed by atoms with Gasteiger partial charge in [-0.2, -0.15) is 0 Å². The molecule has 4 heteroatoms. The first kappa shape index (κ1) is 30.9. The third-order valence-corrected chi connectivity index (χ3v) is 13.7. The lowest BCUT2D eigenvalue weighted by Crippen LogP contribution is -2.47. The Labute approximate surface area is 201 Å². The van der Waals surface area contributed by atoms with Crippen LogP contribution in [0.5, 0.6) is 0 Å². The molecule has 0 unspecified atom stereocenters. The van der Waals surface area contributed by atoms with E-state index in [1.54, 1.807) is 0 Å². The van der Waals surface area contributed by atoms with Crippen molar-refractivity contribution in [2.45, 2.75) is 123 Å². The highest BCUT2D eigenvalue weighted by atomic mass is 35.5. The van der Waals surface area contributed by atoms with E-state index in [1.807, 2.05) is 6.08 Å². The minimum Gasteiger partial charge on any atom is -0.416 e. The molecular formula is C27H53ClO2Si. The van der Waals surface area contributed by atoms with Gasteiger partial charge in [0.15, 0.2) is 14.1 Å². The molecule has 0 radical (unpaired) electrons. The fraction of sp³-hybridized carbons (Fsp3) is 0.889. The normalized spacial score (nSPS) is 14.6. The third-order valence-electron chi connectivity index (χ3n) is 7.27. The van der Waals surface area contributed by atoms with Crippen molar-refractivity contribution in [2.75, 3.05) is 12.5 Å². The van der Waals surface area contributed by atoms with Crippen LogP contribution in [0.1, 0.15) is 107 Å². The highest BCUT2D eigenvalue weighted by Crippen LogP contribution is 2.42. The minimum atomic E-state index is -1.70. The van der Waals surface area contributed by atoms with Crippen molar-refractivity contribution in [2.24, 2.45) is 17.8 Å². The van der Waals surface area contributed by atoms with Crippen LogP contribution in [0, 0.1) is 17.8 Å². The summed E-state index contributed by atoms with van der Waals surface area (Å²) in [7, 11) is -1.70. The summed E-state index contributed by atoms with van der Waals surface area (Å²) in [4.78, 5) is 12.3. The summed E-state index contributed by atoms with van der Waals surface area (Å²) >= 11 is 5.86. The maximum Gasteiger partial charge on any atom is 0.200 e. The number of alkyl halides is 1. The van der Waals surface area contributed by atoms with Crippen molar-refractivity contribution >= 4 is 25.7 Å². The molecule has 0 aliphatic rings. The molecule has 2 nitrogen and oxygen atoms in total. The number of rotatable bonds is 19. The third kappa shape index (κ3) is 10.1. The molecule has 0 aromatic heterocycles. The maximum atomic E-state index is 12.3. The van der Waals surface area contributed by atoms with Crippen LogP contribution in [0.25, 0.3) is 0 Å². The van der Waals surface area contributed by atoms with Gasteiger partial charge in [-0.3, -0.25) is 4.79 Å². The average molecular weight is 473 g/mol. The van der Waals surface area contributed by atoms with E-state index in [-0.39, 0.29) is 23.5 Å². The van der Waals surface area contributed by atoms with Gasteiger partial charge in [0.2, 0.25) is 0 Å². The molecule has 0 bridgehead atoms. The SMILES string of the molecule is C=C[C@H](C(C)C)[C@@H](CCCCCCCCCO[Si](C(C)C)(C(C)C)C(C)C)C(=O)CCl. The Morgan fingerprint density at radius 1 is 0.839 bits per heavy atom. The molecule has 184 valence electrons. The molecule has 0 aliphatic heterocycles. The molecule has 0 rings (SSSR count). The van der Waals surface area contributed by atoms with Crippen LogP contribution in [-0.4, -0.2) is 26.6 Å². The number of hydrogen-bond donors (Lipinski definition) is 0. The second-order valence-electron chi connectivity index (χ2n) is 10.7. The smallest absolute Gasteiger partial charge is 0.200 e. The predicted molar refractivity (Wildman–Crippen MR) is 142 cm³/mol. The first-order valence-corrected chi connectivity index (χ1v) is 15.6. The van der Waals surface area contributed by atoms with E-state index in [2.05, 4.69) is 62.0 Å². The van der Waals surface area contributed by atoms with Gasteiger partial charge in [-0.05, 0) is 41.3 Å². The van der Waals surface area contributed by atoms with Crippen molar-refractivity contribution in [3.8, 4) is 0 Å². The highest BCUT2D eigenvalue weighted by molar-refractivity contribution is 6.77. The first-order valence-electron chi connectivity index (χ1n) is 12.9. The standard InChI is InChI=1S/C27H53ClO2Si/c1-10-25(21(2)3)26(27(29)20-28)18-16-14-12-11-13-15-17-19-30-31(22(4)5,23(6)7)24(8)9/h10,21-26H,1,11-20H2,2-9H3/t25-,26-/m1/s1. The highest BCUT2D eigenvalue weighted by Gasteiger charge is 2.44. The van der Waals surface area contributed by atoms with Crippen molar-refractivity contribution in [3.63, 3.8) is 0 Å². The van der Waals surface area contributed by atoms with Crippen LogP contribution in [0.15, 0.2) is 12.7 Å². The molecule has 2 atom stereocenters. The van der Waals surface area contributed by atoms with E-state index in [4.69, 9.17) is 16.0 Å². The summed E-state index contributed by atoms with van der Waals surface area (Å²) < 4.78 is 6.66. The molecule has 31 heavy (non-hydrogen) atoms. The second kappa shape index (κ2) is 16.5. The van der Waals surface area contributed by atoms with Crippen LogP contribution < -0.4 is 0 Å². The zero-order valence-electron chi connectivity index (χ0n) is 22.0. The quantitative estimate of drug-likeness (QED) is 0.0809. The Morgan fingerprint density at radius 3 is 1.68 bits per heavy atom. The molecule has 0 amide bonds. The maximum absolute atomic E-state index is 12.3. The average Bonchev–Trinajstić information content (AvgIpc) is 2.69. The van der Waals surface area contributed by atoms with E-state index in [0.29, 0.717) is 22.5 Å². The van der Waals surface area contributed by atoms with Crippen LogP contribution in [0.3, 0.4) is 0 Å². The van der Waals surface area contributed by atoms with Crippen LogP contribution in [0.2, 0.25) is 16.6 Å². The lowest BCUT2D eigenvalue weighted by atomic mass is 9.78. The number of carbonyl (C=O) groups excluding carboxylic acids is 1. The fourth-order valence-electron chi connectivity index (χ4n) is 5.67. The van der Waals surface area contributed by atoms with Crippen molar-refractivity contribution < 1.29 is 9.22 Å². The summed E-state index contributed by atoms with van der Waals surface area (Å²) in [5, 5.41) is 0. The Morgan fingerprint density at radius 2 is 1.29 bits per heavy atom. The molecule has 0 saturated heterocycles. The van der Waals surface area contributed by atoms with Gasteiger partial charge in [-0.1, -0.05) is 100.0 Å². The number of unbranched alkanes of at least 4 members (excludes halogenated alkanes) is 6. The summed E-state index contributed by atoms with van der Waals surface area (Å²) in [6, 6.07) is 0. The van der Waals surface area contributed by atoms with Crippen LogP contribution in [0.4, 0.5) is 0 Å². The number of carbonyl (C=O) groups is 1. The number of halogens is 1. The van der Waals surface area contributed by atoms with Gasteiger partial charge in [0, 0.05) is 12.5 Å². The number of Topliss-reactive ketones (excluding diaryl/α,β-unsaturated/α-hetero) is 1. The molecule has 0 aromatic rings. The number of ketones is 1. The molecule has 0 saturated carbocycles. The van der Waals surface area contributed by atoms with Gasteiger partial charge in [-0.25, -0.2) is 0 Å². The molecular weight excluding hydrogens is 420 g/mol.